The Kier molecular flexibility index (Phi) is 2.59. The van der Waals surface area contributed by atoms with Crippen LogP contribution in [-0.4, -0.2) is 17.2 Å². The topological polar surface area (TPSA) is 40.5 Å². The molecule has 0 amide bonds. The van der Waals surface area contributed by atoms with Crippen molar-refractivity contribution in [1.29, 1.82) is 0 Å². The Bertz CT molecular complexity index is 471. The second kappa shape index (κ2) is 3.73. The molecule has 2 aromatic carbocycles. The van der Waals surface area contributed by atoms with E-state index >= 15 is 0 Å². The Hall–Kier alpha value is -0.835. The number of hydrogen-bond donors (Lipinski definition) is 2. The van der Waals surface area contributed by atoms with E-state index in [2.05, 4.69) is 15.9 Å². The largest absolute Gasteiger partial charge is 0.488 e. The molecule has 0 aliphatic heterocycles. The first-order valence-electron chi connectivity index (χ1n) is 4.23. The van der Waals surface area contributed by atoms with E-state index < -0.39 is 7.12 Å². The lowest BCUT2D eigenvalue weighted by atomic mass is 9.79. The molecule has 0 spiro atoms. The maximum absolute atomic E-state index is 9.01. The minimum atomic E-state index is -1.41. The van der Waals surface area contributed by atoms with Crippen LogP contribution in [0.2, 0.25) is 0 Å². The minimum Gasteiger partial charge on any atom is -0.423 e. The second-order valence-electron chi connectivity index (χ2n) is 3.09. The zero-order valence-corrected chi connectivity index (χ0v) is 8.90. The van der Waals surface area contributed by atoms with Gasteiger partial charge in [0.15, 0.2) is 0 Å². The lowest BCUT2D eigenvalue weighted by Gasteiger charge is -2.03. The molecule has 0 saturated heterocycles. The molecule has 0 radical (unpaired) electrons. The van der Waals surface area contributed by atoms with Gasteiger partial charge in [-0.1, -0.05) is 46.3 Å². The lowest BCUT2D eigenvalue weighted by molar-refractivity contribution is 0.426. The van der Waals surface area contributed by atoms with Gasteiger partial charge in [-0.15, -0.1) is 0 Å². The highest BCUT2D eigenvalue weighted by Crippen LogP contribution is 2.22. The van der Waals surface area contributed by atoms with E-state index in [1.807, 2.05) is 24.3 Å². The van der Waals surface area contributed by atoms with Crippen molar-refractivity contribution >= 4 is 39.3 Å². The quantitative estimate of drug-likeness (QED) is 0.749. The number of halogens is 1. The van der Waals surface area contributed by atoms with E-state index in [-0.39, 0.29) is 0 Å². The SMILES string of the molecule is OB(O)c1ccc2cccc(Br)c2c1. The molecule has 0 fully saturated rings. The summed E-state index contributed by atoms with van der Waals surface area (Å²) < 4.78 is 0.956. The van der Waals surface area contributed by atoms with E-state index in [9.17, 15) is 0 Å². The van der Waals surface area contributed by atoms with Crippen molar-refractivity contribution in [2.24, 2.45) is 0 Å². The lowest BCUT2D eigenvalue weighted by Crippen LogP contribution is -2.29. The van der Waals surface area contributed by atoms with Gasteiger partial charge < -0.3 is 10.0 Å². The molecule has 0 atom stereocenters. The summed E-state index contributed by atoms with van der Waals surface area (Å²) in [7, 11) is -1.41. The summed E-state index contributed by atoms with van der Waals surface area (Å²) in [5.74, 6) is 0. The fourth-order valence-electron chi connectivity index (χ4n) is 1.41. The molecule has 0 aromatic heterocycles. The fraction of sp³-hybridized carbons (Fsp3) is 0. The standard InChI is InChI=1S/C10H8BBrO2/c12-10-3-1-2-7-4-5-8(11(13)14)6-9(7)10/h1-6,13-14H. The van der Waals surface area contributed by atoms with Crippen LogP contribution >= 0.6 is 15.9 Å². The van der Waals surface area contributed by atoms with E-state index in [1.165, 1.54) is 0 Å². The van der Waals surface area contributed by atoms with Crippen LogP contribution in [-0.2, 0) is 0 Å². The van der Waals surface area contributed by atoms with Crippen LogP contribution in [0.3, 0.4) is 0 Å². The van der Waals surface area contributed by atoms with Crippen molar-refractivity contribution in [3.8, 4) is 0 Å². The van der Waals surface area contributed by atoms with Crippen LogP contribution in [0.25, 0.3) is 10.8 Å². The average Bonchev–Trinajstić information content (AvgIpc) is 2.18. The summed E-state index contributed by atoms with van der Waals surface area (Å²) in [5.41, 5.74) is 0.504. The van der Waals surface area contributed by atoms with E-state index in [0.29, 0.717) is 5.46 Å². The first kappa shape index (κ1) is 9.71. The molecule has 70 valence electrons. The normalized spacial score (nSPS) is 10.5. The number of fused-ring (bicyclic) bond motifs is 1. The van der Waals surface area contributed by atoms with Crippen LogP contribution in [0.4, 0.5) is 0 Å². The summed E-state index contributed by atoms with van der Waals surface area (Å²) in [6, 6.07) is 11.2. The Labute approximate surface area is 90.5 Å². The number of rotatable bonds is 1. The van der Waals surface area contributed by atoms with E-state index in [1.54, 1.807) is 12.1 Å². The molecule has 0 heterocycles. The predicted octanol–water partition coefficient (Wildman–Crippen LogP) is 1.28. The van der Waals surface area contributed by atoms with Crippen molar-refractivity contribution in [2.75, 3.05) is 0 Å². The first-order chi connectivity index (χ1) is 6.68. The van der Waals surface area contributed by atoms with Crippen molar-refractivity contribution in [1.82, 2.24) is 0 Å². The van der Waals surface area contributed by atoms with Crippen molar-refractivity contribution in [3.63, 3.8) is 0 Å². The molecule has 0 aliphatic carbocycles. The van der Waals surface area contributed by atoms with Crippen molar-refractivity contribution in [2.45, 2.75) is 0 Å². The molecule has 2 nitrogen and oxygen atoms in total. The summed E-state index contributed by atoms with van der Waals surface area (Å²) in [6.07, 6.45) is 0. The van der Waals surface area contributed by atoms with E-state index in [4.69, 9.17) is 10.0 Å². The van der Waals surface area contributed by atoms with Crippen LogP contribution in [0.1, 0.15) is 0 Å². The predicted molar refractivity (Wildman–Crippen MR) is 61.5 cm³/mol. The van der Waals surface area contributed by atoms with Gasteiger partial charge in [-0.3, -0.25) is 0 Å². The molecular formula is C10H8BBrO2. The van der Waals surface area contributed by atoms with E-state index in [0.717, 1.165) is 15.2 Å². The van der Waals surface area contributed by atoms with Gasteiger partial charge in [-0.25, -0.2) is 0 Å². The maximum atomic E-state index is 9.01. The minimum absolute atomic E-state index is 0.504. The smallest absolute Gasteiger partial charge is 0.423 e. The Morgan fingerprint density at radius 3 is 2.57 bits per heavy atom. The molecule has 0 aliphatic rings. The van der Waals surface area contributed by atoms with Crippen LogP contribution in [0.15, 0.2) is 40.9 Å². The number of benzene rings is 2. The Morgan fingerprint density at radius 1 is 1.07 bits per heavy atom. The second-order valence-corrected chi connectivity index (χ2v) is 3.95. The maximum Gasteiger partial charge on any atom is 0.488 e. The summed E-state index contributed by atoms with van der Waals surface area (Å²) in [6.45, 7) is 0. The molecule has 2 rings (SSSR count). The first-order valence-corrected chi connectivity index (χ1v) is 5.02. The van der Waals surface area contributed by atoms with Gasteiger partial charge >= 0.3 is 7.12 Å². The fourth-order valence-corrected chi connectivity index (χ4v) is 1.91. The highest BCUT2D eigenvalue weighted by atomic mass is 79.9. The third-order valence-corrected chi connectivity index (χ3v) is 2.84. The molecule has 0 unspecified atom stereocenters. The van der Waals surface area contributed by atoms with Gasteiger partial charge in [-0.05, 0) is 22.3 Å². The highest BCUT2D eigenvalue weighted by molar-refractivity contribution is 9.10. The average molecular weight is 251 g/mol. The monoisotopic (exact) mass is 250 g/mol. The molecule has 0 bridgehead atoms. The molecule has 0 saturated carbocycles. The Morgan fingerprint density at radius 2 is 1.86 bits per heavy atom. The van der Waals surface area contributed by atoms with Crippen LogP contribution in [0.5, 0.6) is 0 Å². The van der Waals surface area contributed by atoms with Gasteiger partial charge in [-0.2, -0.15) is 0 Å². The van der Waals surface area contributed by atoms with Crippen LogP contribution in [0, 0.1) is 0 Å². The number of hydrogen-bond acceptors (Lipinski definition) is 2. The van der Waals surface area contributed by atoms with Gasteiger partial charge in [0.1, 0.15) is 0 Å². The molecular weight excluding hydrogens is 243 g/mol. The van der Waals surface area contributed by atoms with Gasteiger partial charge in [0.25, 0.3) is 0 Å². The van der Waals surface area contributed by atoms with Crippen molar-refractivity contribution < 1.29 is 10.0 Å². The van der Waals surface area contributed by atoms with Gasteiger partial charge in [0, 0.05) is 4.47 Å². The zero-order valence-electron chi connectivity index (χ0n) is 7.31. The van der Waals surface area contributed by atoms with Crippen LogP contribution < -0.4 is 5.46 Å². The van der Waals surface area contributed by atoms with Gasteiger partial charge in [0.05, 0.1) is 0 Å². The molecule has 4 heteroatoms. The third kappa shape index (κ3) is 1.69. The summed E-state index contributed by atoms with van der Waals surface area (Å²) >= 11 is 3.42. The van der Waals surface area contributed by atoms with Crippen molar-refractivity contribution in [3.05, 3.63) is 40.9 Å². The third-order valence-electron chi connectivity index (χ3n) is 2.15. The summed E-state index contributed by atoms with van der Waals surface area (Å²) in [4.78, 5) is 0. The molecule has 2 aromatic rings. The summed E-state index contributed by atoms with van der Waals surface area (Å²) in [5, 5.41) is 20.1. The Balaban J connectivity index is 2.70. The zero-order chi connectivity index (χ0) is 10.1. The highest BCUT2D eigenvalue weighted by Gasteiger charge is 2.11. The molecule has 14 heavy (non-hydrogen) atoms. The molecule has 2 N–H and O–H groups in total. The van der Waals surface area contributed by atoms with Gasteiger partial charge in [0.2, 0.25) is 0 Å².